The molecular formula is C12H13N5O4. The Balaban J connectivity index is 2.07. The number of carbonyl (C=O) groups is 2. The molecule has 0 aliphatic heterocycles. The van der Waals surface area contributed by atoms with Crippen LogP contribution in [0.25, 0.3) is 5.69 Å². The second-order valence-corrected chi connectivity index (χ2v) is 4.18. The summed E-state index contributed by atoms with van der Waals surface area (Å²) in [6.45, 7) is -0.324. The van der Waals surface area contributed by atoms with Crippen molar-refractivity contribution in [3.63, 3.8) is 0 Å². The number of benzene rings is 1. The molecule has 2 aromatic rings. The van der Waals surface area contributed by atoms with E-state index in [1.807, 2.05) is 0 Å². The molecule has 0 spiro atoms. The molecule has 1 amide bonds. The van der Waals surface area contributed by atoms with Crippen molar-refractivity contribution in [2.24, 2.45) is 0 Å². The van der Waals surface area contributed by atoms with E-state index >= 15 is 0 Å². The zero-order valence-corrected chi connectivity index (χ0v) is 10.9. The Bertz CT molecular complexity index is 611. The summed E-state index contributed by atoms with van der Waals surface area (Å²) in [6, 6.07) is 5.20. The molecule has 0 bridgehead atoms. The lowest BCUT2D eigenvalue weighted by molar-refractivity contribution is -0.139. The fourth-order valence-electron chi connectivity index (χ4n) is 1.67. The van der Waals surface area contributed by atoms with Crippen LogP contribution in [0.5, 0.6) is 0 Å². The molecule has 3 N–H and O–H groups in total. The average molecular weight is 291 g/mol. The van der Waals surface area contributed by atoms with Crippen LogP contribution >= 0.6 is 0 Å². The van der Waals surface area contributed by atoms with Crippen molar-refractivity contribution in [2.45, 2.75) is 12.5 Å². The topological polar surface area (TPSA) is 130 Å². The largest absolute Gasteiger partial charge is 0.480 e. The lowest BCUT2D eigenvalue weighted by atomic mass is 10.1. The van der Waals surface area contributed by atoms with Crippen molar-refractivity contribution in [1.29, 1.82) is 0 Å². The van der Waals surface area contributed by atoms with E-state index in [0.717, 1.165) is 0 Å². The molecule has 9 heteroatoms. The number of nitrogens with zero attached hydrogens (tertiary/aromatic N) is 4. The molecule has 21 heavy (non-hydrogen) atoms. The van der Waals surface area contributed by atoms with Crippen molar-refractivity contribution in [3.8, 4) is 5.69 Å². The smallest absolute Gasteiger partial charge is 0.326 e. The van der Waals surface area contributed by atoms with E-state index in [1.54, 1.807) is 12.1 Å². The number of aromatic nitrogens is 4. The zero-order valence-electron chi connectivity index (χ0n) is 10.9. The lowest BCUT2D eigenvalue weighted by Gasteiger charge is -2.13. The van der Waals surface area contributed by atoms with Gasteiger partial charge in [0.05, 0.1) is 5.69 Å². The van der Waals surface area contributed by atoms with Crippen molar-refractivity contribution in [2.75, 3.05) is 6.61 Å². The Morgan fingerprint density at radius 1 is 1.29 bits per heavy atom. The van der Waals surface area contributed by atoms with Gasteiger partial charge in [0.2, 0.25) is 0 Å². The third kappa shape index (κ3) is 3.60. The molecule has 0 unspecified atom stereocenters. The second-order valence-electron chi connectivity index (χ2n) is 4.18. The van der Waals surface area contributed by atoms with Crippen LogP contribution in [0.4, 0.5) is 0 Å². The van der Waals surface area contributed by atoms with Crippen LogP contribution in [0.1, 0.15) is 16.8 Å². The highest BCUT2D eigenvalue weighted by Crippen LogP contribution is 2.08. The monoisotopic (exact) mass is 291 g/mol. The second kappa shape index (κ2) is 6.57. The van der Waals surface area contributed by atoms with Crippen LogP contribution in [0, 0.1) is 0 Å². The maximum Gasteiger partial charge on any atom is 0.326 e. The Morgan fingerprint density at radius 3 is 2.52 bits per heavy atom. The van der Waals surface area contributed by atoms with Gasteiger partial charge in [0.1, 0.15) is 12.4 Å². The van der Waals surface area contributed by atoms with Crippen LogP contribution < -0.4 is 5.32 Å². The third-order valence-corrected chi connectivity index (χ3v) is 2.76. The Labute approximate surface area is 119 Å². The van der Waals surface area contributed by atoms with E-state index in [0.29, 0.717) is 11.3 Å². The number of carboxylic acid groups (broad SMARTS) is 1. The Morgan fingerprint density at radius 2 is 2.00 bits per heavy atom. The molecule has 0 aliphatic carbocycles. The van der Waals surface area contributed by atoms with Gasteiger partial charge in [0.15, 0.2) is 0 Å². The SMILES string of the molecule is O=C(N[C@@H](CCO)C(=O)O)c1ccc(-n2cnnn2)cc1. The molecule has 110 valence electrons. The Kier molecular flexibility index (Phi) is 4.57. The Hall–Kier alpha value is -2.81. The number of rotatable bonds is 6. The summed E-state index contributed by atoms with van der Waals surface area (Å²) in [6.07, 6.45) is 1.36. The highest BCUT2D eigenvalue weighted by molar-refractivity contribution is 5.96. The van der Waals surface area contributed by atoms with E-state index in [9.17, 15) is 9.59 Å². The summed E-state index contributed by atoms with van der Waals surface area (Å²) in [4.78, 5) is 22.8. The third-order valence-electron chi connectivity index (χ3n) is 2.76. The van der Waals surface area contributed by atoms with Gasteiger partial charge in [0, 0.05) is 18.6 Å². The van der Waals surface area contributed by atoms with Crippen molar-refractivity contribution >= 4 is 11.9 Å². The number of amides is 1. The van der Waals surface area contributed by atoms with Gasteiger partial charge in [0.25, 0.3) is 5.91 Å². The number of hydrogen-bond donors (Lipinski definition) is 3. The molecule has 1 atom stereocenters. The van der Waals surface area contributed by atoms with E-state index in [-0.39, 0.29) is 13.0 Å². The molecule has 0 fully saturated rings. The minimum Gasteiger partial charge on any atom is -0.480 e. The maximum atomic E-state index is 11.9. The van der Waals surface area contributed by atoms with Gasteiger partial charge in [-0.1, -0.05) is 0 Å². The van der Waals surface area contributed by atoms with Crippen molar-refractivity contribution in [1.82, 2.24) is 25.5 Å². The van der Waals surface area contributed by atoms with Crippen LogP contribution in [-0.2, 0) is 4.79 Å². The average Bonchev–Trinajstić information content (AvgIpc) is 3.01. The summed E-state index contributed by atoms with van der Waals surface area (Å²) in [7, 11) is 0. The first-order valence-electron chi connectivity index (χ1n) is 6.10. The van der Waals surface area contributed by atoms with E-state index in [2.05, 4.69) is 20.8 Å². The number of aliphatic hydroxyl groups excluding tert-OH is 1. The van der Waals surface area contributed by atoms with E-state index < -0.39 is 17.9 Å². The highest BCUT2D eigenvalue weighted by Gasteiger charge is 2.19. The van der Waals surface area contributed by atoms with Crippen LogP contribution in [0.15, 0.2) is 30.6 Å². The van der Waals surface area contributed by atoms with Gasteiger partial charge in [-0.15, -0.1) is 5.10 Å². The van der Waals surface area contributed by atoms with Gasteiger partial charge in [-0.3, -0.25) is 4.79 Å². The molecule has 1 heterocycles. The minimum atomic E-state index is -1.19. The predicted molar refractivity (Wildman–Crippen MR) is 69.7 cm³/mol. The molecule has 1 aromatic carbocycles. The number of carbonyl (C=O) groups excluding carboxylic acids is 1. The summed E-state index contributed by atoms with van der Waals surface area (Å²) < 4.78 is 1.42. The van der Waals surface area contributed by atoms with Crippen molar-refractivity contribution < 1.29 is 19.8 Å². The van der Waals surface area contributed by atoms with Gasteiger partial charge >= 0.3 is 5.97 Å². The summed E-state index contributed by atoms with van der Waals surface area (Å²) >= 11 is 0. The van der Waals surface area contributed by atoms with Crippen molar-refractivity contribution in [3.05, 3.63) is 36.2 Å². The number of nitrogens with one attached hydrogen (secondary N) is 1. The molecule has 0 radical (unpaired) electrons. The molecule has 9 nitrogen and oxygen atoms in total. The zero-order chi connectivity index (χ0) is 15.2. The molecular weight excluding hydrogens is 278 g/mol. The molecule has 1 aromatic heterocycles. The summed E-state index contributed by atoms with van der Waals surface area (Å²) in [5.41, 5.74) is 0.970. The first-order valence-corrected chi connectivity index (χ1v) is 6.10. The minimum absolute atomic E-state index is 0.0518. The molecule has 0 aliphatic rings. The summed E-state index contributed by atoms with van der Waals surface area (Å²) in [5, 5.41) is 30.7. The molecule has 2 rings (SSSR count). The maximum absolute atomic E-state index is 11.9. The number of aliphatic carboxylic acids is 1. The van der Waals surface area contributed by atoms with Gasteiger partial charge in [-0.05, 0) is 34.7 Å². The van der Waals surface area contributed by atoms with E-state index in [4.69, 9.17) is 10.2 Å². The number of aliphatic hydroxyl groups is 1. The first-order chi connectivity index (χ1) is 10.1. The fraction of sp³-hybridized carbons (Fsp3) is 0.250. The molecule has 0 saturated heterocycles. The van der Waals surface area contributed by atoms with Crippen LogP contribution in [0.2, 0.25) is 0 Å². The van der Waals surface area contributed by atoms with Gasteiger partial charge in [-0.25, -0.2) is 9.48 Å². The fourth-order valence-corrected chi connectivity index (χ4v) is 1.67. The lowest BCUT2D eigenvalue weighted by Crippen LogP contribution is -2.41. The number of tetrazole rings is 1. The van der Waals surface area contributed by atoms with Gasteiger partial charge in [-0.2, -0.15) is 0 Å². The quantitative estimate of drug-likeness (QED) is 0.636. The van der Waals surface area contributed by atoms with Crippen LogP contribution in [0.3, 0.4) is 0 Å². The van der Waals surface area contributed by atoms with Gasteiger partial charge < -0.3 is 15.5 Å². The number of hydrogen-bond acceptors (Lipinski definition) is 6. The standard InChI is InChI=1S/C12H13N5O4/c18-6-5-10(12(20)21)14-11(19)8-1-3-9(4-2-8)17-7-13-15-16-17/h1-4,7,10,18H,5-6H2,(H,14,19)(H,20,21)/t10-/m0/s1. The number of carboxylic acids is 1. The van der Waals surface area contributed by atoms with E-state index in [1.165, 1.54) is 23.1 Å². The predicted octanol–water partition coefficient (Wildman–Crippen LogP) is -0.772. The van der Waals surface area contributed by atoms with Crippen LogP contribution in [-0.4, -0.2) is 54.9 Å². The molecule has 0 saturated carbocycles. The first kappa shape index (κ1) is 14.6. The summed E-state index contributed by atoms with van der Waals surface area (Å²) in [5.74, 6) is -1.72. The highest BCUT2D eigenvalue weighted by atomic mass is 16.4. The normalized spacial score (nSPS) is 11.9.